The van der Waals surface area contributed by atoms with Crippen LogP contribution in [0.25, 0.3) is 0 Å². The molecule has 0 spiro atoms. The summed E-state index contributed by atoms with van der Waals surface area (Å²) >= 11 is 3.51. The number of methoxy groups -OCH3 is 1. The van der Waals surface area contributed by atoms with Crippen molar-refractivity contribution < 1.29 is 4.74 Å². The fraction of sp³-hybridized carbons (Fsp3) is 0.455. The van der Waals surface area contributed by atoms with E-state index in [1.54, 1.807) is 7.11 Å². The zero-order chi connectivity index (χ0) is 11.3. The van der Waals surface area contributed by atoms with Crippen LogP contribution >= 0.6 is 15.9 Å². The Morgan fingerprint density at radius 1 is 1.47 bits per heavy atom. The first-order chi connectivity index (χ1) is 7.20. The number of nitrogens with zero attached hydrogens (tertiary/aromatic N) is 1. The van der Waals surface area contributed by atoms with Gasteiger partial charge in [-0.25, -0.2) is 0 Å². The van der Waals surface area contributed by atoms with Gasteiger partial charge in [-0.05, 0) is 12.1 Å². The monoisotopic (exact) mass is 272 g/mol. The summed E-state index contributed by atoms with van der Waals surface area (Å²) < 4.78 is 6.11. The van der Waals surface area contributed by atoms with Gasteiger partial charge in [0, 0.05) is 43.0 Å². The maximum absolute atomic E-state index is 5.73. The molecular formula is C11H17BrN2O. The zero-order valence-corrected chi connectivity index (χ0v) is 10.8. The lowest BCUT2D eigenvalue weighted by Gasteiger charge is -2.22. The smallest absolute Gasteiger partial charge is 0.0637 e. The van der Waals surface area contributed by atoms with Crippen LogP contribution in [0.3, 0.4) is 0 Å². The SMILES string of the molecule is COCCN(C)c1cccc(Br)c1CN. The second-order valence-corrected chi connectivity index (χ2v) is 4.21. The Balaban J connectivity index is 2.87. The summed E-state index contributed by atoms with van der Waals surface area (Å²) in [6.07, 6.45) is 0. The Bertz CT molecular complexity index is 317. The van der Waals surface area contributed by atoms with Gasteiger partial charge in [0.1, 0.15) is 0 Å². The zero-order valence-electron chi connectivity index (χ0n) is 9.16. The highest BCUT2D eigenvalue weighted by molar-refractivity contribution is 9.10. The fourth-order valence-corrected chi connectivity index (χ4v) is 1.97. The normalized spacial score (nSPS) is 10.4. The van der Waals surface area contributed by atoms with Crippen molar-refractivity contribution in [3.8, 4) is 0 Å². The lowest BCUT2D eigenvalue weighted by molar-refractivity contribution is 0.206. The topological polar surface area (TPSA) is 38.5 Å². The molecule has 0 aliphatic rings. The van der Waals surface area contributed by atoms with Crippen LogP contribution in [0, 0.1) is 0 Å². The van der Waals surface area contributed by atoms with Crippen molar-refractivity contribution in [3.05, 3.63) is 28.2 Å². The Labute approximate surface area is 99.3 Å². The highest BCUT2D eigenvalue weighted by Gasteiger charge is 2.08. The average molecular weight is 273 g/mol. The van der Waals surface area contributed by atoms with Crippen LogP contribution in [-0.2, 0) is 11.3 Å². The number of hydrogen-bond donors (Lipinski definition) is 1. The molecule has 0 aromatic heterocycles. The highest BCUT2D eigenvalue weighted by Crippen LogP contribution is 2.26. The van der Waals surface area contributed by atoms with Gasteiger partial charge >= 0.3 is 0 Å². The van der Waals surface area contributed by atoms with E-state index in [1.165, 1.54) is 0 Å². The fourth-order valence-electron chi connectivity index (χ4n) is 1.46. The molecule has 1 aromatic rings. The Hall–Kier alpha value is -0.580. The van der Waals surface area contributed by atoms with Crippen LogP contribution in [0.15, 0.2) is 22.7 Å². The van der Waals surface area contributed by atoms with Gasteiger partial charge in [-0.15, -0.1) is 0 Å². The van der Waals surface area contributed by atoms with Gasteiger partial charge in [-0.3, -0.25) is 0 Å². The molecule has 0 bridgehead atoms. The third-order valence-corrected chi connectivity index (χ3v) is 3.08. The van der Waals surface area contributed by atoms with Gasteiger partial charge < -0.3 is 15.4 Å². The number of rotatable bonds is 5. The summed E-state index contributed by atoms with van der Waals surface area (Å²) in [5.74, 6) is 0. The van der Waals surface area contributed by atoms with Crippen LogP contribution in [0.4, 0.5) is 5.69 Å². The molecule has 2 N–H and O–H groups in total. The van der Waals surface area contributed by atoms with E-state index >= 15 is 0 Å². The molecule has 1 rings (SSSR count). The molecule has 0 saturated carbocycles. The molecule has 0 amide bonds. The maximum atomic E-state index is 5.73. The average Bonchev–Trinajstić information content (AvgIpc) is 2.25. The molecule has 15 heavy (non-hydrogen) atoms. The number of ether oxygens (including phenoxy) is 1. The van der Waals surface area contributed by atoms with Gasteiger partial charge in [0.15, 0.2) is 0 Å². The summed E-state index contributed by atoms with van der Waals surface area (Å²) in [6.45, 7) is 2.11. The summed E-state index contributed by atoms with van der Waals surface area (Å²) in [6, 6.07) is 6.10. The van der Waals surface area contributed by atoms with Crippen molar-refractivity contribution >= 4 is 21.6 Å². The number of hydrogen-bond acceptors (Lipinski definition) is 3. The molecule has 0 radical (unpaired) electrons. The standard InChI is InChI=1S/C11H17BrN2O/c1-14(6-7-15-2)11-5-3-4-10(12)9(11)8-13/h3-5H,6-8,13H2,1-2H3. The molecule has 0 fully saturated rings. The molecule has 1 aromatic carbocycles. The molecule has 84 valence electrons. The minimum absolute atomic E-state index is 0.536. The molecule has 0 aliphatic heterocycles. The van der Waals surface area contributed by atoms with Crippen LogP contribution in [0.5, 0.6) is 0 Å². The molecule has 0 aliphatic carbocycles. The van der Waals surface area contributed by atoms with Crippen molar-refractivity contribution in [2.45, 2.75) is 6.54 Å². The van der Waals surface area contributed by atoms with Crippen molar-refractivity contribution in [3.63, 3.8) is 0 Å². The third kappa shape index (κ3) is 3.19. The first-order valence-electron chi connectivity index (χ1n) is 4.88. The highest BCUT2D eigenvalue weighted by atomic mass is 79.9. The van der Waals surface area contributed by atoms with Crippen LogP contribution in [0.1, 0.15) is 5.56 Å². The number of anilines is 1. The van der Waals surface area contributed by atoms with Crippen LogP contribution < -0.4 is 10.6 Å². The molecular weight excluding hydrogens is 256 g/mol. The molecule has 0 atom stereocenters. The molecule has 0 saturated heterocycles. The molecule has 4 heteroatoms. The van der Waals surface area contributed by atoms with Gasteiger partial charge in [0.25, 0.3) is 0 Å². The lowest BCUT2D eigenvalue weighted by atomic mass is 10.1. The van der Waals surface area contributed by atoms with Crippen LogP contribution in [-0.4, -0.2) is 27.3 Å². The molecule has 0 unspecified atom stereocenters. The first-order valence-corrected chi connectivity index (χ1v) is 5.67. The van der Waals surface area contributed by atoms with E-state index < -0.39 is 0 Å². The van der Waals surface area contributed by atoms with E-state index in [2.05, 4.69) is 26.9 Å². The van der Waals surface area contributed by atoms with E-state index in [1.807, 2.05) is 19.2 Å². The predicted molar refractivity (Wildman–Crippen MR) is 67.2 cm³/mol. The lowest BCUT2D eigenvalue weighted by Crippen LogP contribution is -2.23. The number of nitrogens with two attached hydrogens (primary N) is 1. The number of halogens is 1. The van der Waals surface area contributed by atoms with E-state index in [9.17, 15) is 0 Å². The summed E-state index contributed by atoms with van der Waals surface area (Å²) in [5, 5.41) is 0. The molecule has 0 heterocycles. The van der Waals surface area contributed by atoms with Gasteiger partial charge in [0.2, 0.25) is 0 Å². The third-order valence-electron chi connectivity index (χ3n) is 2.34. The van der Waals surface area contributed by atoms with E-state index in [4.69, 9.17) is 10.5 Å². The Morgan fingerprint density at radius 3 is 2.80 bits per heavy atom. The van der Waals surface area contributed by atoms with Crippen molar-refractivity contribution in [1.82, 2.24) is 0 Å². The van der Waals surface area contributed by atoms with Gasteiger partial charge in [-0.2, -0.15) is 0 Å². The van der Waals surface area contributed by atoms with Crippen molar-refractivity contribution in [2.24, 2.45) is 5.73 Å². The van der Waals surface area contributed by atoms with Gasteiger partial charge in [0.05, 0.1) is 6.61 Å². The Morgan fingerprint density at radius 2 is 2.20 bits per heavy atom. The Kier molecular flexibility index (Phi) is 5.08. The summed E-state index contributed by atoms with van der Waals surface area (Å²) in [7, 11) is 3.75. The largest absolute Gasteiger partial charge is 0.383 e. The summed E-state index contributed by atoms with van der Waals surface area (Å²) in [4.78, 5) is 2.15. The van der Waals surface area contributed by atoms with E-state index in [0.717, 1.165) is 22.3 Å². The second kappa shape index (κ2) is 6.10. The first kappa shape index (κ1) is 12.5. The van der Waals surface area contributed by atoms with Crippen LogP contribution in [0.2, 0.25) is 0 Å². The predicted octanol–water partition coefficient (Wildman–Crippen LogP) is 1.99. The van der Waals surface area contributed by atoms with E-state index in [-0.39, 0.29) is 0 Å². The summed E-state index contributed by atoms with van der Waals surface area (Å²) in [5.41, 5.74) is 8.02. The molecule has 3 nitrogen and oxygen atoms in total. The van der Waals surface area contributed by atoms with Crippen molar-refractivity contribution in [2.75, 3.05) is 32.2 Å². The minimum Gasteiger partial charge on any atom is -0.383 e. The van der Waals surface area contributed by atoms with E-state index in [0.29, 0.717) is 13.2 Å². The van der Waals surface area contributed by atoms with Gasteiger partial charge in [-0.1, -0.05) is 22.0 Å². The van der Waals surface area contributed by atoms with Crippen molar-refractivity contribution in [1.29, 1.82) is 0 Å². The second-order valence-electron chi connectivity index (χ2n) is 3.36. The number of likely N-dealkylation sites (N-methyl/N-ethyl adjacent to an activating group) is 1. The quantitative estimate of drug-likeness (QED) is 0.891. The number of benzene rings is 1. The maximum Gasteiger partial charge on any atom is 0.0637 e. The minimum atomic E-state index is 0.536.